The van der Waals surface area contributed by atoms with Gasteiger partial charge in [-0.25, -0.2) is 4.98 Å². The Morgan fingerprint density at radius 2 is 1.56 bits per heavy atom. The number of ether oxygens (including phenoxy) is 1. The molecule has 0 aliphatic carbocycles. The number of para-hydroxylation sites is 2. The normalized spacial score (nSPS) is 11.1. The maximum Gasteiger partial charge on any atom is 0.224 e. The molecular weight excluding hydrogens is 530 g/mol. The lowest BCUT2D eigenvalue weighted by molar-refractivity contribution is -0.120. The number of hydrogen-bond acceptors (Lipinski definition) is 3. The molecule has 1 aromatic heterocycles. The third-order valence-electron chi connectivity index (χ3n) is 7.28. The summed E-state index contributed by atoms with van der Waals surface area (Å²) in [6.07, 6.45) is 2.92. The smallest absolute Gasteiger partial charge is 0.224 e. The maximum absolute atomic E-state index is 12.7. The molecule has 0 aliphatic heterocycles. The lowest BCUT2D eigenvalue weighted by Crippen LogP contribution is -2.28. The van der Waals surface area contributed by atoms with Gasteiger partial charge in [0.2, 0.25) is 5.91 Å². The average Bonchev–Trinajstić information content (AvgIpc) is 3.33. The molecule has 0 aliphatic rings. The summed E-state index contributed by atoms with van der Waals surface area (Å²) in [6, 6.07) is 30.6. The third-order valence-corrected chi connectivity index (χ3v) is 7.88. The van der Waals surface area contributed by atoms with Crippen LogP contribution in [0, 0.1) is 13.8 Å². The van der Waals surface area contributed by atoms with Crippen molar-refractivity contribution in [3.8, 4) is 16.9 Å². The number of aryl methyl sites for hydroxylation is 3. The summed E-state index contributed by atoms with van der Waals surface area (Å²) in [4.78, 5) is 17.6. The molecule has 0 radical (unpaired) electrons. The largest absolute Gasteiger partial charge is 0.494 e. The molecule has 5 aromatic rings. The van der Waals surface area contributed by atoms with E-state index in [1.54, 1.807) is 0 Å². The van der Waals surface area contributed by atoms with Crippen LogP contribution < -0.4 is 10.1 Å². The van der Waals surface area contributed by atoms with Crippen molar-refractivity contribution in [2.24, 2.45) is 0 Å². The van der Waals surface area contributed by atoms with E-state index >= 15 is 0 Å². The number of carbonyl (C=O) groups excluding carboxylic acids is 1. The minimum absolute atomic E-state index is 0.0185. The molecule has 5 nitrogen and oxygen atoms in total. The Hall–Kier alpha value is -4.09. The predicted octanol–water partition coefficient (Wildman–Crippen LogP) is 7.73. The number of nitrogens with one attached hydrogen (secondary N) is 1. The molecule has 1 amide bonds. The minimum Gasteiger partial charge on any atom is -0.494 e. The lowest BCUT2D eigenvalue weighted by Gasteiger charge is -2.12. The highest BCUT2D eigenvalue weighted by atomic mass is 35.5. The van der Waals surface area contributed by atoms with Crippen LogP contribution in [0.2, 0.25) is 5.02 Å². The first-order valence-corrected chi connectivity index (χ1v) is 14.6. The first-order valence-electron chi connectivity index (χ1n) is 14.2. The summed E-state index contributed by atoms with van der Waals surface area (Å²) in [7, 11) is 0. The Kier molecular flexibility index (Phi) is 9.37. The molecular formula is C35H36ClN3O2. The molecule has 0 fully saturated rings. The van der Waals surface area contributed by atoms with E-state index < -0.39 is 0 Å². The second-order valence-electron chi connectivity index (χ2n) is 10.4. The van der Waals surface area contributed by atoms with E-state index in [1.165, 1.54) is 5.56 Å². The lowest BCUT2D eigenvalue weighted by atomic mass is 10.0. The Bertz CT molecular complexity index is 1590. The van der Waals surface area contributed by atoms with Crippen molar-refractivity contribution < 1.29 is 9.53 Å². The Labute approximate surface area is 247 Å². The first kappa shape index (κ1) is 28.4. The van der Waals surface area contributed by atoms with Gasteiger partial charge in [-0.2, -0.15) is 0 Å². The van der Waals surface area contributed by atoms with E-state index in [9.17, 15) is 4.79 Å². The van der Waals surface area contributed by atoms with E-state index in [0.29, 0.717) is 26.0 Å². The SMILES string of the molecule is Cc1cc(OCCCCn2c(CCNC(=O)Cc3ccc(-c4ccccc4)cc3)nc3ccccc32)cc(C)c1Cl. The van der Waals surface area contributed by atoms with Crippen LogP contribution in [0.4, 0.5) is 0 Å². The fraction of sp³-hybridized carbons (Fsp3) is 0.257. The van der Waals surface area contributed by atoms with Crippen LogP contribution in [-0.2, 0) is 24.2 Å². The summed E-state index contributed by atoms with van der Waals surface area (Å²) < 4.78 is 8.28. The number of nitrogens with zero attached hydrogens (tertiary/aromatic N) is 2. The van der Waals surface area contributed by atoms with Crippen molar-refractivity contribution in [2.45, 2.75) is 46.1 Å². The summed E-state index contributed by atoms with van der Waals surface area (Å²) in [5, 5.41) is 3.88. The highest BCUT2D eigenvalue weighted by Gasteiger charge is 2.12. The Morgan fingerprint density at radius 3 is 2.32 bits per heavy atom. The summed E-state index contributed by atoms with van der Waals surface area (Å²) in [5.74, 6) is 1.87. The van der Waals surface area contributed by atoms with Gasteiger partial charge in [-0.15, -0.1) is 0 Å². The van der Waals surface area contributed by atoms with Gasteiger partial charge in [0.05, 0.1) is 24.1 Å². The molecule has 5 rings (SSSR count). The highest BCUT2D eigenvalue weighted by Crippen LogP contribution is 2.26. The molecule has 0 spiro atoms. The van der Waals surface area contributed by atoms with E-state index in [2.05, 4.69) is 40.2 Å². The molecule has 0 saturated heterocycles. The Balaban J connectivity index is 1.12. The van der Waals surface area contributed by atoms with Crippen molar-refractivity contribution >= 4 is 28.5 Å². The van der Waals surface area contributed by atoms with Crippen LogP contribution in [0.15, 0.2) is 91.0 Å². The van der Waals surface area contributed by atoms with Crippen LogP contribution in [0.25, 0.3) is 22.2 Å². The van der Waals surface area contributed by atoms with Crippen LogP contribution in [0.3, 0.4) is 0 Å². The molecule has 0 unspecified atom stereocenters. The monoisotopic (exact) mass is 565 g/mol. The van der Waals surface area contributed by atoms with Crippen LogP contribution in [0.1, 0.15) is 35.4 Å². The quantitative estimate of drug-likeness (QED) is 0.157. The standard InChI is InChI=1S/C35H36ClN3O2/c1-25-22-30(23-26(2)35(25)36)41-21-9-8-20-39-32-13-7-6-12-31(32)38-33(39)18-19-37-34(40)24-27-14-16-29(17-15-27)28-10-4-3-5-11-28/h3-7,10-17,22-23H,8-9,18-21,24H2,1-2H3,(H,37,40). The van der Waals surface area contributed by atoms with Crippen molar-refractivity contribution in [3.63, 3.8) is 0 Å². The summed E-state index contributed by atoms with van der Waals surface area (Å²) >= 11 is 6.28. The first-order chi connectivity index (χ1) is 20.0. The van der Waals surface area contributed by atoms with Crippen LogP contribution >= 0.6 is 11.6 Å². The molecule has 41 heavy (non-hydrogen) atoms. The zero-order valence-corrected chi connectivity index (χ0v) is 24.5. The van der Waals surface area contributed by atoms with Crippen LogP contribution in [0.5, 0.6) is 5.75 Å². The maximum atomic E-state index is 12.7. The average molecular weight is 566 g/mol. The van der Waals surface area contributed by atoms with Gasteiger partial charge >= 0.3 is 0 Å². The van der Waals surface area contributed by atoms with E-state index in [-0.39, 0.29) is 5.91 Å². The second-order valence-corrected chi connectivity index (χ2v) is 10.8. The number of carbonyl (C=O) groups is 1. The number of benzene rings is 4. The molecule has 210 valence electrons. The van der Waals surface area contributed by atoms with Gasteiger partial charge in [-0.05, 0) is 78.8 Å². The molecule has 6 heteroatoms. The van der Waals surface area contributed by atoms with E-state index in [1.807, 2.05) is 74.5 Å². The molecule has 0 atom stereocenters. The fourth-order valence-electron chi connectivity index (χ4n) is 5.12. The van der Waals surface area contributed by atoms with Crippen molar-refractivity contribution in [2.75, 3.05) is 13.2 Å². The number of amides is 1. The number of imidazole rings is 1. The van der Waals surface area contributed by atoms with Crippen LogP contribution in [-0.4, -0.2) is 28.6 Å². The zero-order valence-electron chi connectivity index (χ0n) is 23.7. The van der Waals surface area contributed by atoms with Gasteiger partial charge in [0.1, 0.15) is 11.6 Å². The summed E-state index contributed by atoms with van der Waals surface area (Å²) in [6.45, 7) is 6.03. The molecule has 0 saturated carbocycles. The number of halogens is 1. The molecule has 0 bridgehead atoms. The third kappa shape index (κ3) is 7.36. The predicted molar refractivity (Wildman–Crippen MR) is 168 cm³/mol. The van der Waals surface area contributed by atoms with Gasteiger partial charge < -0.3 is 14.6 Å². The van der Waals surface area contributed by atoms with Gasteiger partial charge in [-0.1, -0.05) is 78.3 Å². The van der Waals surface area contributed by atoms with E-state index in [4.69, 9.17) is 21.3 Å². The number of unbranched alkanes of at least 4 members (excludes halogenated alkanes) is 1. The molecule has 1 heterocycles. The fourth-order valence-corrected chi connectivity index (χ4v) is 5.23. The number of fused-ring (bicyclic) bond motifs is 1. The van der Waals surface area contributed by atoms with Gasteiger partial charge in [0.25, 0.3) is 0 Å². The summed E-state index contributed by atoms with van der Waals surface area (Å²) in [5.41, 5.74) is 7.49. The second kappa shape index (κ2) is 13.5. The zero-order chi connectivity index (χ0) is 28.6. The molecule has 4 aromatic carbocycles. The van der Waals surface area contributed by atoms with E-state index in [0.717, 1.165) is 69.3 Å². The Morgan fingerprint density at radius 1 is 0.878 bits per heavy atom. The highest BCUT2D eigenvalue weighted by molar-refractivity contribution is 6.32. The van der Waals surface area contributed by atoms with Crippen molar-refractivity contribution in [1.82, 2.24) is 14.9 Å². The van der Waals surface area contributed by atoms with Gasteiger partial charge in [-0.3, -0.25) is 4.79 Å². The number of rotatable bonds is 12. The number of aromatic nitrogens is 2. The van der Waals surface area contributed by atoms with Crippen molar-refractivity contribution in [1.29, 1.82) is 0 Å². The van der Waals surface area contributed by atoms with Gasteiger partial charge in [0.15, 0.2) is 0 Å². The molecule has 1 N–H and O–H groups in total. The topological polar surface area (TPSA) is 56.1 Å². The number of hydrogen-bond donors (Lipinski definition) is 1. The van der Waals surface area contributed by atoms with Gasteiger partial charge in [0, 0.05) is 24.5 Å². The van der Waals surface area contributed by atoms with Crippen molar-refractivity contribution in [3.05, 3.63) is 119 Å². The minimum atomic E-state index is 0.0185.